The highest BCUT2D eigenvalue weighted by molar-refractivity contribution is 7.16. The third kappa shape index (κ3) is 10.1. The van der Waals surface area contributed by atoms with Crippen molar-refractivity contribution in [2.45, 2.75) is 64.5 Å². The number of nitrogens with one attached hydrogen (secondary N) is 2. The zero-order chi connectivity index (χ0) is 38.1. The zero-order valence-electron chi connectivity index (χ0n) is 31.2. The predicted octanol–water partition coefficient (Wildman–Crippen LogP) is 5.10. The lowest BCUT2D eigenvalue weighted by Crippen LogP contribution is -2.58. The van der Waals surface area contributed by atoms with E-state index in [2.05, 4.69) is 33.2 Å². The summed E-state index contributed by atoms with van der Waals surface area (Å²) in [6.07, 6.45) is 4.23. The van der Waals surface area contributed by atoms with Gasteiger partial charge in [-0.05, 0) is 68.3 Å². The molecule has 292 valence electrons. The van der Waals surface area contributed by atoms with E-state index in [1.807, 2.05) is 40.3 Å². The van der Waals surface area contributed by atoms with Crippen LogP contribution in [0.2, 0.25) is 5.02 Å². The number of carbonyl (C=O) groups is 2. The van der Waals surface area contributed by atoms with Crippen LogP contribution in [-0.2, 0) is 40.1 Å². The lowest BCUT2D eigenvalue weighted by atomic mass is 9.89. The molecule has 4 aromatic rings. The van der Waals surface area contributed by atoms with Gasteiger partial charge in [0.05, 0.1) is 48.1 Å². The molecule has 2 fully saturated rings. The number of aromatic hydroxyl groups is 1. The number of nitrogens with zero attached hydrogens (tertiary/aromatic N) is 4. The number of morpholine rings is 1. The van der Waals surface area contributed by atoms with Gasteiger partial charge in [0.25, 0.3) is 5.91 Å². The highest BCUT2D eigenvalue weighted by atomic mass is 35.5. The lowest BCUT2D eigenvalue weighted by molar-refractivity contribution is -0.132. The largest absolute Gasteiger partial charge is 0.506 e. The summed E-state index contributed by atoms with van der Waals surface area (Å²) in [7, 11) is 0. The molecule has 2 aromatic carbocycles. The standard InChI is InChI=1S/C39H51ClN6O6S2/c1-3-32-42-30(25-53-32)37(49)46-20-23-52-39(26-46)13-17-44(18-14-39)24-29-7-5-6-27(34(29)40)11-21-51-22-12-33(48)45(4-2)19-16-41-15-10-28-8-9-31(47)35-36(28)54-38(50)43-35/h5-9,25,41,47H,3-4,10-24,26H2,1-2H3,(H,43,50). The van der Waals surface area contributed by atoms with E-state index < -0.39 is 0 Å². The summed E-state index contributed by atoms with van der Waals surface area (Å²) in [4.78, 5) is 51.0. The molecule has 0 radical (unpaired) electrons. The molecule has 2 aliphatic rings. The van der Waals surface area contributed by atoms with Crippen molar-refractivity contribution in [2.75, 3.05) is 72.2 Å². The van der Waals surface area contributed by atoms with Crippen LogP contribution in [0.25, 0.3) is 10.2 Å². The molecule has 0 atom stereocenters. The number of amides is 2. The van der Waals surface area contributed by atoms with Gasteiger partial charge < -0.3 is 34.7 Å². The monoisotopic (exact) mass is 798 g/mol. The fraction of sp³-hybridized carbons (Fsp3) is 0.538. The number of piperidine rings is 1. The smallest absolute Gasteiger partial charge is 0.305 e. The van der Waals surface area contributed by atoms with Crippen LogP contribution in [0.15, 0.2) is 40.5 Å². The molecule has 2 aromatic heterocycles. The van der Waals surface area contributed by atoms with Crippen LogP contribution in [-0.4, -0.2) is 119 Å². The summed E-state index contributed by atoms with van der Waals surface area (Å²) in [5, 5.41) is 17.0. The van der Waals surface area contributed by atoms with Crippen molar-refractivity contribution in [2.24, 2.45) is 0 Å². The SMILES string of the molecule is CCc1nc(C(=O)N2CCOC3(CCN(Cc4cccc(CCOCCC(=O)N(CC)CCNCCc5ccc(O)c6[nH]c(=O)sc56)c4Cl)CC3)C2)cs1. The molecule has 3 N–H and O–H groups in total. The van der Waals surface area contributed by atoms with Crippen LogP contribution in [0.1, 0.15) is 65.3 Å². The van der Waals surface area contributed by atoms with Gasteiger partial charge >= 0.3 is 4.87 Å². The maximum absolute atomic E-state index is 13.2. The normalized spacial score (nSPS) is 16.0. The van der Waals surface area contributed by atoms with E-state index in [4.69, 9.17) is 21.1 Å². The van der Waals surface area contributed by atoms with Crippen LogP contribution in [0, 0.1) is 0 Å². The minimum atomic E-state index is -0.319. The van der Waals surface area contributed by atoms with Gasteiger partial charge in [0.15, 0.2) is 0 Å². The van der Waals surface area contributed by atoms with Gasteiger partial charge in [-0.15, -0.1) is 11.3 Å². The Labute approximate surface area is 329 Å². The first kappa shape index (κ1) is 40.3. The van der Waals surface area contributed by atoms with Gasteiger partial charge in [0.1, 0.15) is 17.0 Å². The van der Waals surface area contributed by atoms with Crippen molar-refractivity contribution in [3.8, 4) is 5.75 Å². The number of aromatic amines is 1. The Kier molecular flexibility index (Phi) is 14.2. The quantitative estimate of drug-likeness (QED) is 0.125. The second kappa shape index (κ2) is 19.0. The highest BCUT2D eigenvalue weighted by Crippen LogP contribution is 2.33. The first-order valence-electron chi connectivity index (χ1n) is 18.9. The van der Waals surface area contributed by atoms with E-state index in [0.29, 0.717) is 89.6 Å². The highest BCUT2D eigenvalue weighted by Gasteiger charge is 2.41. The average Bonchev–Trinajstić information content (AvgIpc) is 3.83. The maximum Gasteiger partial charge on any atom is 0.305 e. The number of halogens is 1. The first-order valence-corrected chi connectivity index (χ1v) is 21.0. The van der Waals surface area contributed by atoms with Crippen LogP contribution < -0.4 is 10.2 Å². The second-order valence-corrected chi connectivity index (χ2v) is 16.3. The molecule has 0 bridgehead atoms. The summed E-state index contributed by atoms with van der Waals surface area (Å²) in [6.45, 7) is 11.6. The number of hydrogen-bond donors (Lipinski definition) is 3. The van der Waals surface area contributed by atoms with Crippen LogP contribution in [0.3, 0.4) is 0 Å². The molecular formula is C39H51ClN6O6S2. The topological polar surface area (TPSA) is 140 Å². The Morgan fingerprint density at radius 2 is 1.91 bits per heavy atom. The summed E-state index contributed by atoms with van der Waals surface area (Å²) in [6, 6.07) is 9.62. The zero-order valence-corrected chi connectivity index (χ0v) is 33.6. The number of likely N-dealkylation sites (tertiary alicyclic amines) is 1. The molecule has 4 heterocycles. The predicted molar refractivity (Wildman–Crippen MR) is 214 cm³/mol. The second-order valence-electron chi connectivity index (χ2n) is 14.0. The third-order valence-electron chi connectivity index (χ3n) is 10.4. The number of phenolic OH excluding ortho intramolecular Hbond substituents is 1. The Balaban J connectivity index is 0.876. The van der Waals surface area contributed by atoms with E-state index in [0.717, 1.165) is 81.7 Å². The number of rotatable bonds is 17. The Bertz CT molecular complexity index is 1940. The number of aromatic nitrogens is 2. The minimum Gasteiger partial charge on any atom is -0.506 e. The van der Waals surface area contributed by atoms with Gasteiger partial charge in [-0.1, -0.05) is 54.1 Å². The molecule has 0 aliphatic carbocycles. The van der Waals surface area contributed by atoms with Gasteiger partial charge in [-0.3, -0.25) is 19.3 Å². The van der Waals surface area contributed by atoms with Gasteiger partial charge in [0, 0.05) is 56.2 Å². The van der Waals surface area contributed by atoms with E-state index in [9.17, 15) is 19.5 Å². The number of fused-ring (bicyclic) bond motifs is 1. The van der Waals surface area contributed by atoms with Gasteiger partial charge in [-0.2, -0.15) is 0 Å². The average molecular weight is 799 g/mol. The third-order valence-corrected chi connectivity index (χ3v) is 12.8. The molecule has 2 aliphatic heterocycles. The number of thiazole rings is 2. The fourth-order valence-electron chi connectivity index (χ4n) is 7.25. The molecule has 1 spiro atoms. The number of hydrogen-bond acceptors (Lipinski definition) is 11. The minimum absolute atomic E-state index is 0.00298. The van der Waals surface area contributed by atoms with Gasteiger partial charge in [0.2, 0.25) is 5.91 Å². The van der Waals surface area contributed by atoms with Crippen molar-refractivity contribution >= 4 is 56.3 Å². The number of phenols is 1. The summed E-state index contributed by atoms with van der Waals surface area (Å²) >= 11 is 9.56. The summed E-state index contributed by atoms with van der Waals surface area (Å²) in [5.41, 5.74) is 3.84. The Morgan fingerprint density at radius 3 is 2.69 bits per heavy atom. The van der Waals surface area contributed by atoms with Crippen molar-refractivity contribution in [1.29, 1.82) is 0 Å². The number of carbonyl (C=O) groups excluding carboxylic acids is 2. The molecule has 12 nitrogen and oxygen atoms in total. The molecule has 6 rings (SSSR count). The molecule has 15 heteroatoms. The van der Waals surface area contributed by atoms with E-state index in [1.165, 1.54) is 0 Å². The number of aryl methyl sites for hydroxylation is 1. The van der Waals surface area contributed by atoms with Crippen LogP contribution >= 0.6 is 34.3 Å². The number of ether oxygens (including phenoxy) is 2. The number of H-pyrrole nitrogens is 1. The first-order chi connectivity index (χ1) is 26.2. The summed E-state index contributed by atoms with van der Waals surface area (Å²) < 4.78 is 13.0. The van der Waals surface area contributed by atoms with Gasteiger partial charge in [-0.25, -0.2) is 4.98 Å². The lowest BCUT2D eigenvalue weighted by Gasteiger charge is -2.47. The summed E-state index contributed by atoms with van der Waals surface area (Å²) in [5.74, 6) is 0.140. The number of likely N-dealkylation sites (N-methyl/N-ethyl adjacent to an activating group) is 1. The van der Waals surface area contributed by atoms with E-state index in [1.54, 1.807) is 17.4 Å². The Morgan fingerprint density at radius 1 is 1.09 bits per heavy atom. The fourth-order valence-corrected chi connectivity index (χ4v) is 9.15. The molecular weight excluding hydrogens is 748 g/mol. The maximum atomic E-state index is 13.2. The molecule has 0 unspecified atom stereocenters. The van der Waals surface area contributed by atoms with E-state index >= 15 is 0 Å². The molecule has 54 heavy (non-hydrogen) atoms. The van der Waals surface area contributed by atoms with E-state index in [-0.39, 0.29) is 28.0 Å². The molecule has 2 saturated heterocycles. The van der Waals surface area contributed by atoms with Crippen molar-refractivity contribution in [1.82, 2.24) is 30.0 Å². The van der Waals surface area contributed by atoms with Crippen LogP contribution in [0.4, 0.5) is 0 Å². The Hall–Kier alpha value is -3.37. The molecule has 2 amide bonds. The van der Waals surface area contributed by atoms with Crippen molar-refractivity contribution < 1.29 is 24.2 Å². The van der Waals surface area contributed by atoms with Crippen LogP contribution in [0.5, 0.6) is 5.75 Å². The number of benzene rings is 2. The molecule has 0 saturated carbocycles. The van der Waals surface area contributed by atoms with Crippen molar-refractivity contribution in [3.05, 3.63) is 77.8 Å². The van der Waals surface area contributed by atoms with Crippen molar-refractivity contribution in [3.63, 3.8) is 0 Å².